The summed E-state index contributed by atoms with van der Waals surface area (Å²) >= 11 is 0. The topological polar surface area (TPSA) is 33.1 Å². The number of anilines is 2. The summed E-state index contributed by atoms with van der Waals surface area (Å²) in [5, 5.41) is 8.45. The highest BCUT2D eigenvalue weighted by atomic mass is 15.3. The Morgan fingerprint density at radius 1 is 1.04 bits per heavy atom. The van der Waals surface area contributed by atoms with Crippen molar-refractivity contribution in [1.82, 2.24) is 9.78 Å². The minimum absolute atomic E-state index is 0.974. The van der Waals surface area contributed by atoms with Gasteiger partial charge in [-0.15, -0.1) is 0 Å². The van der Waals surface area contributed by atoms with Crippen LogP contribution in [0.1, 0.15) is 11.1 Å². The molecule has 0 unspecified atom stereocenters. The lowest BCUT2D eigenvalue weighted by molar-refractivity contribution is 0.875. The molecule has 1 aromatic heterocycles. The smallest absolute Gasteiger partial charge is 0.133 e. The summed E-state index contributed by atoms with van der Waals surface area (Å²) in [6.07, 6.45) is 1.02. The summed E-state index contributed by atoms with van der Waals surface area (Å²) in [4.78, 5) is 2.11. The fourth-order valence-corrected chi connectivity index (χ4v) is 3.30. The van der Waals surface area contributed by atoms with Gasteiger partial charge < -0.3 is 10.2 Å². The molecule has 0 saturated heterocycles. The van der Waals surface area contributed by atoms with Crippen molar-refractivity contribution in [3.8, 4) is 16.9 Å². The maximum atomic E-state index is 4.95. The van der Waals surface area contributed by atoms with E-state index in [4.69, 9.17) is 5.10 Å². The van der Waals surface area contributed by atoms with Crippen LogP contribution in [0.5, 0.6) is 0 Å². The molecule has 0 amide bonds. The van der Waals surface area contributed by atoms with Gasteiger partial charge in [0.05, 0.1) is 11.4 Å². The zero-order chi connectivity index (χ0) is 16.7. The molecule has 1 aliphatic heterocycles. The number of rotatable bonds is 3. The number of para-hydroxylation sites is 1. The van der Waals surface area contributed by atoms with Crippen LogP contribution in [0.25, 0.3) is 16.9 Å². The maximum absolute atomic E-state index is 4.95. The highest BCUT2D eigenvalue weighted by Crippen LogP contribution is 2.35. The highest BCUT2D eigenvalue weighted by Gasteiger charge is 2.24. The van der Waals surface area contributed by atoms with Crippen molar-refractivity contribution in [2.24, 2.45) is 0 Å². The Balaban J connectivity index is 1.83. The molecule has 0 spiro atoms. The zero-order valence-electron chi connectivity index (χ0n) is 14.4. The largest absolute Gasteiger partial charge is 0.378 e. The van der Waals surface area contributed by atoms with Gasteiger partial charge in [0.1, 0.15) is 5.82 Å². The predicted octanol–water partition coefficient (Wildman–Crippen LogP) is 3.88. The molecule has 0 radical (unpaired) electrons. The van der Waals surface area contributed by atoms with E-state index >= 15 is 0 Å². The Bertz CT molecular complexity index is 875. The third kappa shape index (κ3) is 2.35. The lowest BCUT2D eigenvalue weighted by Crippen LogP contribution is -2.08. The molecule has 4 heteroatoms. The fourth-order valence-electron chi connectivity index (χ4n) is 3.30. The van der Waals surface area contributed by atoms with Crippen LogP contribution in [0, 0.1) is 6.92 Å². The van der Waals surface area contributed by atoms with Gasteiger partial charge in [0.25, 0.3) is 0 Å². The number of aryl methyl sites for hydroxylation is 1. The van der Waals surface area contributed by atoms with Crippen LogP contribution in [0.4, 0.5) is 11.5 Å². The normalized spacial score (nSPS) is 12.8. The molecule has 0 atom stereocenters. The summed E-state index contributed by atoms with van der Waals surface area (Å²) in [6.45, 7) is 3.10. The molecule has 24 heavy (non-hydrogen) atoms. The summed E-state index contributed by atoms with van der Waals surface area (Å²) in [6, 6.07) is 17.0. The van der Waals surface area contributed by atoms with E-state index in [1.807, 2.05) is 0 Å². The van der Waals surface area contributed by atoms with Crippen LogP contribution >= 0.6 is 0 Å². The van der Waals surface area contributed by atoms with Gasteiger partial charge in [0, 0.05) is 37.5 Å². The van der Waals surface area contributed by atoms with Crippen LogP contribution in [0.15, 0.2) is 48.5 Å². The monoisotopic (exact) mass is 318 g/mol. The van der Waals surface area contributed by atoms with E-state index in [9.17, 15) is 0 Å². The van der Waals surface area contributed by atoms with E-state index in [0.717, 1.165) is 30.2 Å². The van der Waals surface area contributed by atoms with E-state index < -0.39 is 0 Å². The van der Waals surface area contributed by atoms with E-state index in [0.29, 0.717) is 0 Å². The van der Waals surface area contributed by atoms with Crippen LogP contribution in [0.3, 0.4) is 0 Å². The molecule has 2 heterocycles. The quantitative estimate of drug-likeness (QED) is 0.795. The number of hydrogen-bond acceptors (Lipinski definition) is 3. The maximum Gasteiger partial charge on any atom is 0.133 e. The first-order valence-corrected chi connectivity index (χ1v) is 8.34. The molecular weight excluding hydrogens is 296 g/mol. The molecule has 0 fully saturated rings. The minimum atomic E-state index is 0.974. The number of aromatic nitrogens is 2. The SMILES string of the molecule is Cc1ccccc1-n1nc(-c2ccc(N(C)C)cc2)c2c1NCC2. The Hall–Kier alpha value is -2.75. The average molecular weight is 318 g/mol. The van der Waals surface area contributed by atoms with Crippen molar-refractivity contribution >= 4 is 11.5 Å². The van der Waals surface area contributed by atoms with Gasteiger partial charge in [-0.2, -0.15) is 5.10 Å². The number of fused-ring (bicyclic) bond motifs is 1. The summed E-state index contributed by atoms with van der Waals surface area (Å²) in [7, 11) is 4.12. The Morgan fingerprint density at radius 3 is 2.50 bits per heavy atom. The number of nitrogens with zero attached hydrogens (tertiary/aromatic N) is 3. The number of nitrogens with one attached hydrogen (secondary N) is 1. The second-order valence-electron chi connectivity index (χ2n) is 6.49. The second kappa shape index (κ2) is 5.71. The van der Waals surface area contributed by atoms with Gasteiger partial charge in [0.2, 0.25) is 0 Å². The highest BCUT2D eigenvalue weighted by molar-refractivity contribution is 5.74. The average Bonchev–Trinajstić information content (AvgIpc) is 3.18. The lowest BCUT2D eigenvalue weighted by atomic mass is 10.1. The van der Waals surface area contributed by atoms with Crippen LogP contribution < -0.4 is 10.2 Å². The molecular formula is C20H22N4. The van der Waals surface area contributed by atoms with Crippen LogP contribution in [-0.4, -0.2) is 30.4 Å². The molecule has 1 N–H and O–H groups in total. The van der Waals surface area contributed by atoms with Crippen LogP contribution in [-0.2, 0) is 6.42 Å². The molecule has 4 rings (SSSR count). The Kier molecular flexibility index (Phi) is 3.53. The Labute approximate surface area is 142 Å². The fraction of sp³-hybridized carbons (Fsp3) is 0.250. The molecule has 4 nitrogen and oxygen atoms in total. The molecule has 2 aromatic carbocycles. The third-order valence-corrected chi connectivity index (χ3v) is 4.65. The lowest BCUT2D eigenvalue weighted by Gasteiger charge is -2.12. The van der Waals surface area contributed by atoms with Crippen molar-refractivity contribution in [2.45, 2.75) is 13.3 Å². The van der Waals surface area contributed by atoms with Crippen molar-refractivity contribution < 1.29 is 0 Å². The molecule has 122 valence electrons. The summed E-state index contributed by atoms with van der Waals surface area (Å²) in [5.74, 6) is 1.14. The van der Waals surface area contributed by atoms with Crippen molar-refractivity contribution in [1.29, 1.82) is 0 Å². The zero-order valence-corrected chi connectivity index (χ0v) is 14.4. The van der Waals surface area contributed by atoms with Gasteiger partial charge in [-0.3, -0.25) is 0 Å². The summed E-state index contributed by atoms with van der Waals surface area (Å²) < 4.78 is 2.06. The van der Waals surface area contributed by atoms with E-state index in [1.165, 1.54) is 22.4 Å². The Morgan fingerprint density at radius 2 is 1.79 bits per heavy atom. The molecule has 0 saturated carbocycles. The predicted molar refractivity (Wildman–Crippen MR) is 100 cm³/mol. The van der Waals surface area contributed by atoms with Crippen LogP contribution in [0.2, 0.25) is 0 Å². The number of benzene rings is 2. The minimum Gasteiger partial charge on any atom is -0.378 e. The van der Waals surface area contributed by atoms with Gasteiger partial charge >= 0.3 is 0 Å². The molecule has 1 aliphatic rings. The van der Waals surface area contributed by atoms with E-state index in [1.54, 1.807) is 0 Å². The molecule has 0 bridgehead atoms. The first kappa shape index (κ1) is 14.8. The molecule has 3 aromatic rings. The van der Waals surface area contributed by atoms with Gasteiger partial charge in [-0.25, -0.2) is 4.68 Å². The van der Waals surface area contributed by atoms with E-state index in [2.05, 4.69) is 84.4 Å². The third-order valence-electron chi connectivity index (χ3n) is 4.65. The van der Waals surface area contributed by atoms with Crippen molar-refractivity contribution in [2.75, 3.05) is 30.9 Å². The standard InChI is InChI=1S/C20H22N4/c1-14-6-4-5-7-18(14)24-20-17(12-13-21-20)19(22-24)15-8-10-16(11-9-15)23(2)3/h4-11,21H,12-13H2,1-3H3. The van der Waals surface area contributed by atoms with Gasteiger partial charge in [-0.1, -0.05) is 30.3 Å². The van der Waals surface area contributed by atoms with Gasteiger partial charge in [0.15, 0.2) is 0 Å². The first-order valence-electron chi connectivity index (χ1n) is 8.34. The van der Waals surface area contributed by atoms with E-state index in [-0.39, 0.29) is 0 Å². The summed E-state index contributed by atoms with van der Waals surface area (Å²) in [5.41, 5.74) is 7.14. The van der Waals surface area contributed by atoms with Gasteiger partial charge in [-0.05, 0) is 37.1 Å². The molecule has 0 aliphatic carbocycles. The second-order valence-corrected chi connectivity index (χ2v) is 6.49. The number of hydrogen-bond donors (Lipinski definition) is 1. The van der Waals surface area contributed by atoms with Crippen molar-refractivity contribution in [3.63, 3.8) is 0 Å². The van der Waals surface area contributed by atoms with Crippen molar-refractivity contribution in [3.05, 3.63) is 59.7 Å². The first-order chi connectivity index (χ1) is 11.6.